The lowest BCUT2D eigenvalue weighted by molar-refractivity contribution is 0.660. The Labute approximate surface area is 393 Å². The molecule has 2 nitrogen and oxygen atoms in total. The third kappa shape index (κ3) is 7.57. The second-order valence-corrected chi connectivity index (χ2v) is 20.7. The Hall–Kier alpha value is -6.90. The standard InChI is InChI=1S/C64H62N2/c1-39-23-40(2)28-51(27-39)65(52-29-41(3)24-42(4)30-52)49-17-21-57-55-19-15-47(35-59(55)63(9,10)61(57)37-49)13-14-48-16-20-56-58-22-18-50(38-62(58)64(11,12)60(56)36-48)66(53-31-43(5)25-44(6)32-53)54-33-45(7)26-46(8)34-54/h13-38H,1-12H3/b14-13+. The van der Waals surface area contributed by atoms with Gasteiger partial charge in [-0.15, -0.1) is 0 Å². The molecule has 0 spiro atoms. The second-order valence-electron chi connectivity index (χ2n) is 20.7. The Bertz CT molecular complexity index is 2900. The molecule has 0 atom stereocenters. The van der Waals surface area contributed by atoms with Crippen LogP contribution in [0.2, 0.25) is 0 Å². The zero-order valence-electron chi connectivity index (χ0n) is 40.9. The topological polar surface area (TPSA) is 6.48 Å². The van der Waals surface area contributed by atoms with Gasteiger partial charge in [0.05, 0.1) is 0 Å². The fourth-order valence-corrected chi connectivity index (χ4v) is 11.4. The molecule has 0 radical (unpaired) electrons. The van der Waals surface area contributed by atoms with Crippen LogP contribution in [0.1, 0.15) is 106 Å². The highest BCUT2D eigenvalue weighted by Gasteiger charge is 2.38. The molecule has 0 N–H and O–H groups in total. The number of benzene rings is 8. The van der Waals surface area contributed by atoms with Gasteiger partial charge >= 0.3 is 0 Å². The smallest absolute Gasteiger partial charge is 0.0466 e. The lowest BCUT2D eigenvalue weighted by Gasteiger charge is -2.29. The van der Waals surface area contributed by atoms with Gasteiger partial charge in [0.15, 0.2) is 0 Å². The van der Waals surface area contributed by atoms with Gasteiger partial charge in [0, 0.05) is 45.0 Å². The van der Waals surface area contributed by atoms with Crippen molar-refractivity contribution < 1.29 is 0 Å². The normalized spacial score (nSPS) is 13.9. The molecule has 0 unspecified atom stereocenters. The Kier molecular flexibility index (Phi) is 10.4. The second kappa shape index (κ2) is 15.9. The summed E-state index contributed by atoms with van der Waals surface area (Å²) >= 11 is 0. The molecule has 328 valence electrons. The third-order valence-corrected chi connectivity index (χ3v) is 14.2. The largest absolute Gasteiger partial charge is 0.310 e. The molecule has 0 fully saturated rings. The van der Waals surface area contributed by atoms with Crippen molar-refractivity contribution in [3.05, 3.63) is 223 Å². The molecule has 8 aromatic carbocycles. The summed E-state index contributed by atoms with van der Waals surface area (Å²) in [6.07, 6.45) is 4.60. The molecule has 0 aromatic heterocycles. The van der Waals surface area contributed by atoms with E-state index in [1.165, 1.54) is 134 Å². The molecule has 66 heavy (non-hydrogen) atoms. The maximum absolute atomic E-state index is 2.44. The molecule has 10 rings (SSSR count). The summed E-state index contributed by atoms with van der Waals surface area (Å²) in [4.78, 5) is 4.88. The first-order chi connectivity index (χ1) is 31.4. The summed E-state index contributed by atoms with van der Waals surface area (Å²) < 4.78 is 0. The fraction of sp³-hybridized carbons (Fsp3) is 0.219. The molecule has 0 amide bonds. The zero-order valence-corrected chi connectivity index (χ0v) is 40.9. The van der Waals surface area contributed by atoms with Gasteiger partial charge in [-0.2, -0.15) is 0 Å². The van der Waals surface area contributed by atoms with Gasteiger partial charge < -0.3 is 9.80 Å². The molecule has 0 aliphatic heterocycles. The van der Waals surface area contributed by atoms with Crippen LogP contribution >= 0.6 is 0 Å². The predicted molar refractivity (Wildman–Crippen MR) is 284 cm³/mol. The van der Waals surface area contributed by atoms with Crippen molar-refractivity contribution in [1.29, 1.82) is 0 Å². The number of fused-ring (bicyclic) bond motifs is 6. The first-order valence-electron chi connectivity index (χ1n) is 23.6. The molecule has 0 saturated heterocycles. The van der Waals surface area contributed by atoms with Gasteiger partial charge in [0.2, 0.25) is 0 Å². The zero-order chi connectivity index (χ0) is 46.4. The maximum atomic E-state index is 2.44. The van der Waals surface area contributed by atoms with Crippen LogP contribution in [0.15, 0.2) is 146 Å². The van der Waals surface area contributed by atoms with Crippen molar-refractivity contribution in [3.8, 4) is 22.3 Å². The Morgan fingerprint density at radius 1 is 0.273 bits per heavy atom. The Morgan fingerprint density at radius 3 is 0.788 bits per heavy atom. The summed E-state index contributed by atoms with van der Waals surface area (Å²) in [6, 6.07) is 55.8. The number of rotatable bonds is 8. The van der Waals surface area contributed by atoms with Crippen molar-refractivity contribution in [1.82, 2.24) is 0 Å². The van der Waals surface area contributed by atoms with E-state index < -0.39 is 0 Å². The third-order valence-electron chi connectivity index (χ3n) is 14.2. The van der Waals surface area contributed by atoms with Crippen LogP contribution in [0.3, 0.4) is 0 Å². The quantitative estimate of drug-likeness (QED) is 0.141. The Morgan fingerprint density at radius 2 is 0.515 bits per heavy atom. The van der Waals surface area contributed by atoms with Crippen molar-refractivity contribution in [3.63, 3.8) is 0 Å². The van der Waals surface area contributed by atoms with Gasteiger partial charge in [-0.1, -0.05) is 113 Å². The van der Waals surface area contributed by atoms with E-state index >= 15 is 0 Å². The van der Waals surface area contributed by atoms with E-state index in [9.17, 15) is 0 Å². The highest BCUT2D eigenvalue weighted by Crippen LogP contribution is 2.53. The van der Waals surface area contributed by atoms with Crippen molar-refractivity contribution in [2.75, 3.05) is 9.80 Å². The monoisotopic (exact) mass is 858 g/mol. The van der Waals surface area contributed by atoms with Gasteiger partial charge in [-0.05, 0) is 228 Å². The Balaban J connectivity index is 0.957. The number of aryl methyl sites for hydroxylation is 8. The van der Waals surface area contributed by atoms with E-state index in [1.807, 2.05) is 0 Å². The molecule has 2 aliphatic carbocycles. The van der Waals surface area contributed by atoms with E-state index in [0.717, 1.165) is 0 Å². The lowest BCUT2D eigenvalue weighted by atomic mass is 9.81. The summed E-state index contributed by atoms with van der Waals surface area (Å²) in [6.45, 7) is 27.1. The minimum Gasteiger partial charge on any atom is -0.310 e. The summed E-state index contributed by atoms with van der Waals surface area (Å²) in [5.41, 5.74) is 30.1. The summed E-state index contributed by atoms with van der Waals surface area (Å²) in [7, 11) is 0. The van der Waals surface area contributed by atoms with Gasteiger partial charge in [-0.3, -0.25) is 0 Å². The van der Waals surface area contributed by atoms with Crippen LogP contribution in [0.25, 0.3) is 34.4 Å². The van der Waals surface area contributed by atoms with Crippen LogP contribution < -0.4 is 9.80 Å². The van der Waals surface area contributed by atoms with Crippen LogP contribution in [-0.4, -0.2) is 0 Å². The van der Waals surface area contributed by atoms with Crippen LogP contribution in [0.4, 0.5) is 34.1 Å². The van der Waals surface area contributed by atoms with Crippen molar-refractivity contribution in [2.45, 2.75) is 93.9 Å². The fourth-order valence-electron chi connectivity index (χ4n) is 11.4. The van der Waals surface area contributed by atoms with Crippen LogP contribution in [0, 0.1) is 55.4 Å². The first kappa shape index (κ1) is 43.0. The molecule has 8 aromatic rings. The molecule has 0 heterocycles. The van der Waals surface area contributed by atoms with Crippen LogP contribution in [-0.2, 0) is 10.8 Å². The van der Waals surface area contributed by atoms with Crippen molar-refractivity contribution >= 4 is 46.3 Å². The maximum Gasteiger partial charge on any atom is 0.0466 e. The number of hydrogen-bond donors (Lipinski definition) is 0. The van der Waals surface area contributed by atoms with Crippen molar-refractivity contribution in [2.24, 2.45) is 0 Å². The molecule has 0 bridgehead atoms. The predicted octanol–water partition coefficient (Wildman–Crippen LogP) is 17.9. The SMILES string of the molecule is Cc1cc(C)cc(N(c2cc(C)cc(C)c2)c2ccc3c(c2)C(C)(C)c2cc(/C=C/c4ccc5c(c4)C(C)(C)c4cc(N(c6cc(C)cc(C)c6)c6cc(C)cc(C)c6)ccc4-5)ccc2-3)c1. The van der Waals surface area contributed by atoms with E-state index in [1.54, 1.807) is 0 Å². The van der Waals surface area contributed by atoms with Gasteiger partial charge in [0.1, 0.15) is 0 Å². The minimum absolute atomic E-state index is 0.171. The number of nitrogens with zero attached hydrogens (tertiary/aromatic N) is 2. The minimum atomic E-state index is -0.171. The van der Waals surface area contributed by atoms with Crippen LogP contribution in [0.5, 0.6) is 0 Å². The summed E-state index contributed by atoms with van der Waals surface area (Å²) in [5, 5.41) is 0. The van der Waals surface area contributed by atoms with E-state index in [2.05, 4.69) is 251 Å². The van der Waals surface area contributed by atoms with Gasteiger partial charge in [-0.25, -0.2) is 0 Å². The molecule has 2 aliphatic rings. The molecule has 2 heteroatoms. The summed E-state index contributed by atoms with van der Waals surface area (Å²) in [5.74, 6) is 0. The number of anilines is 6. The molecular weight excluding hydrogens is 797 g/mol. The average molecular weight is 859 g/mol. The number of hydrogen-bond acceptors (Lipinski definition) is 2. The molecular formula is C64H62N2. The average Bonchev–Trinajstić information content (AvgIpc) is 3.60. The first-order valence-corrected chi connectivity index (χ1v) is 23.6. The molecule has 0 saturated carbocycles. The highest BCUT2D eigenvalue weighted by molar-refractivity contribution is 5.89. The van der Waals surface area contributed by atoms with Gasteiger partial charge in [0.25, 0.3) is 0 Å². The van der Waals surface area contributed by atoms with E-state index in [4.69, 9.17) is 0 Å². The highest BCUT2D eigenvalue weighted by atomic mass is 15.1. The van der Waals surface area contributed by atoms with E-state index in [-0.39, 0.29) is 10.8 Å². The van der Waals surface area contributed by atoms with E-state index in [0.29, 0.717) is 0 Å². The lowest BCUT2D eigenvalue weighted by Crippen LogP contribution is -2.17.